The molecule has 0 fully saturated rings. The maximum absolute atomic E-state index is 4.41. The molecule has 0 bridgehead atoms. The Bertz CT molecular complexity index is 517. The lowest BCUT2D eigenvalue weighted by Gasteiger charge is -2.11. The molecule has 1 aromatic heterocycles. The zero-order chi connectivity index (χ0) is 13.1. The van der Waals surface area contributed by atoms with Crippen LogP contribution >= 0.6 is 0 Å². The van der Waals surface area contributed by atoms with E-state index in [0.29, 0.717) is 0 Å². The molecule has 18 heavy (non-hydrogen) atoms. The third-order valence-corrected chi connectivity index (χ3v) is 3.23. The van der Waals surface area contributed by atoms with Crippen LogP contribution in [0.15, 0.2) is 24.5 Å². The maximum atomic E-state index is 4.41. The summed E-state index contributed by atoms with van der Waals surface area (Å²) in [5.74, 6) is 0. The summed E-state index contributed by atoms with van der Waals surface area (Å²) in [5, 5.41) is 7.55. The van der Waals surface area contributed by atoms with Crippen molar-refractivity contribution in [1.29, 1.82) is 0 Å². The predicted molar refractivity (Wildman–Crippen MR) is 74.7 cm³/mol. The van der Waals surface area contributed by atoms with Gasteiger partial charge in [-0.15, -0.1) is 0 Å². The van der Waals surface area contributed by atoms with Crippen molar-refractivity contribution in [2.45, 2.75) is 33.9 Å². The van der Waals surface area contributed by atoms with E-state index in [4.69, 9.17) is 0 Å². The lowest BCUT2D eigenvalue weighted by atomic mass is 10.00. The Morgan fingerprint density at radius 3 is 2.44 bits per heavy atom. The average molecular weight is 243 g/mol. The van der Waals surface area contributed by atoms with E-state index in [0.717, 1.165) is 13.1 Å². The molecule has 96 valence electrons. The number of nitrogens with zero attached hydrogens (tertiary/aromatic N) is 2. The highest BCUT2D eigenvalue weighted by Crippen LogP contribution is 2.17. The van der Waals surface area contributed by atoms with Gasteiger partial charge in [0.1, 0.15) is 0 Å². The van der Waals surface area contributed by atoms with Crippen LogP contribution < -0.4 is 5.32 Å². The third-order valence-electron chi connectivity index (χ3n) is 3.23. The molecule has 2 aromatic rings. The highest BCUT2D eigenvalue weighted by Gasteiger charge is 2.06. The van der Waals surface area contributed by atoms with E-state index in [1.165, 1.54) is 27.8 Å². The van der Waals surface area contributed by atoms with Crippen LogP contribution in [0.4, 0.5) is 0 Å². The van der Waals surface area contributed by atoms with Gasteiger partial charge < -0.3 is 5.32 Å². The standard InChI is InChI=1S/C15H21N3/c1-11-5-12(2)15(13(3)6-11)10-18-9-14(7-16-4)8-17-18/h5-6,8-9,16H,7,10H2,1-4H3. The molecule has 0 aliphatic heterocycles. The number of aryl methyl sites for hydroxylation is 3. The topological polar surface area (TPSA) is 29.9 Å². The quantitative estimate of drug-likeness (QED) is 0.894. The molecule has 0 spiro atoms. The number of nitrogens with one attached hydrogen (secondary N) is 1. The average Bonchev–Trinajstić information content (AvgIpc) is 2.72. The van der Waals surface area contributed by atoms with E-state index in [1.807, 2.05) is 17.9 Å². The van der Waals surface area contributed by atoms with Gasteiger partial charge in [0.15, 0.2) is 0 Å². The molecule has 0 saturated heterocycles. The van der Waals surface area contributed by atoms with Crippen molar-refractivity contribution in [1.82, 2.24) is 15.1 Å². The maximum Gasteiger partial charge on any atom is 0.0664 e. The van der Waals surface area contributed by atoms with Crippen LogP contribution in [-0.2, 0) is 13.1 Å². The van der Waals surface area contributed by atoms with Crippen molar-refractivity contribution in [2.75, 3.05) is 7.05 Å². The minimum atomic E-state index is 0.849. The van der Waals surface area contributed by atoms with E-state index in [-0.39, 0.29) is 0 Å². The summed E-state index contributed by atoms with van der Waals surface area (Å²) in [6, 6.07) is 4.47. The summed E-state index contributed by atoms with van der Waals surface area (Å²) in [6.45, 7) is 8.21. The van der Waals surface area contributed by atoms with Crippen molar-refractivity contribution >= 4 is 0 Å². The molecule has 1 aromatic carbocycles. The number of benzene rings is 1. The number of hydrogen-bond acceptors (Lipinski definition) is 2. The fraction of sp³-hybridized carbons (Fsp3) is 0.400. The first-order valence-corrected chi connectivity index (χ1v) is 6.33. The Morgan fingerprint density at radius 1 is 1.17 bits per heavy atom. The molecule has 0 amide bonds. The monoisotopic (exact) mass is 243 g/mol. The van der Waals surface area contributed by atoms with E-state index < -0.39 is 0 Å². The predicted octanol–water partition coefficient (Wildman–Crippen LogP) is 2.58. The van der Waals surface area contributed by atoms with Crippen LogP contribution in [0.5, 0.6) is 0 Å². The second kappa shape index (κ2) is 5.36. The Kier molecular flexibility index (Phi) is 3.82. The van der Waals surface area contributed by atoms with Gasteiger partial charge in [-0.05, 0) is 44.5 Å². The SMILES string of the molecule is CNCc1cnn(Cc2c(C)cc(C)cc2C)c1. The largest absolute Gasteiger partial charge is 0.316 e. The molecule has 1 N–H and O–H groups in total. The molecule has 0 unspecified atom stereocenters. The second-order valence-corrected chi connectivity index (χ2v) is 4.95. The minimum Gasteiger partial charge on any atom is -0.316 e. The van der Waals surface area contributed by atoms with Crippen molar-refractivity contribution in [2.24, 2.45) is 0 Å². The number of aromatic nitrogens is 2. The van der Waals surface area contributed by atoms with Gasteiger partial charge >= 0.3 is 0 Å². The molecule has 2 rings (SSSR count). The van der Waals surface area contributed by atoms with Gasteiger partial charge in [0.05, 0.1) is 12.7 Å². The van der Waals surface area contributed by atoms with Gasteiger partial charge in [-0.1, -0.05) is 17.7 Å². The van der Waals surface area contributed by atoms with Crippen molar-refractivity contribution in [3.63, 3.8) is 0 Å². The fourth-order valence-electron chi connectivity index (χ4n) is 2.41. The first-order chi connectivity index (χ1) is 8.60. The molecule has 0 aliphatic carbocycles. The van der Waals surface area contributed by atoms with Crippen LogP contribution in [0.2, 0.25) is 0 Å². The normalized spacial score (nSPS) is 10.9. The molecule has 0 atom stereocenters. The smallest absolute Gasteiger partial charge is 0.0664 e. The summed E-state index contributed by atoms with van der Waals surface area (Å²) in [4.78, 5) is 0. The molecule has 0 saturated carbocycles. The van der Waals surface area contributed by atoms with Gasteiger partial charge in [-0.2, -0.15) is 5.10 Å². The molecule has 3 heteroatoms. The van der Waals surface area contributed by atoms with Gasteiger partial charge in [-0.3, -0.25) is 4.68 Å². The summed E-state index contributed by atoms with van der Waals surface area (Å²) >= 11 is 0. The molecule has 0 radical (unpaired) electrons. The zero-order valence-corrected chi connectivity index (χ0v) is 11.6. The van der Waals surface area contributed by atoms with E-state index in [9.17, 15) is 0 Å². The Morgan fingerprint density at radius 2 is 1.83 bits per heavy atom. The molecular weight excluding hydrogens is 222 g/mol. The molecular formula is C15H21N3. The van der Waals surface area contributed by atoms with Crippen LogP contribution in [0, 0.1) is 20.8 Å². The van der Waals surface area contributed by atoms with Crippen LogP contribution in [0.1, 0.15) is 27.8 Å². The Balaban J connectivity index is 2.22. The van der Waals surface area contributed by atoms with Crippen molar-refractivity contribution in [3.05, 3.63) is 52.3 Å². The van der Waals surface area contributed by atoms with E-state index in [1.54, 1.807) is 0 Å². The van der Waals surface area contributed by atoms with Gasteiger partial charge in [-0.25, -0.2) is 0 Å². The first-order valence-electron chi connectivity index (χ1n) is 6.33. The number of hydrogen-bond donors (Lipinski definition) is 1. The van der Waals surface area contributed by atoms with Crippen molar-refractivity contribution in [3.8, 4) is 0 Å². The third kappa shape index (κ3) is 2.79. The zero-order valence-electron chi connectivity index (χ0n) is 11.6. The molecule has 1 heterocycles. The van der Waals surface area contributed by atoms with E-state index >= 15 is 0 Å². The molecule has 3 nitrogen and oxygen atoms in total. The van der Waals surface area contributed by atoms with E-state index in [2.05, 4.69) is 49.5 Å². The summed E-state index contributed by atoms with van der Waals surface area (Å²) in [5.41, 5.74) is 6.61. The molecule has 0 aliphatic rings. The second-order valence-electron chi connectivity index (χ2n) is 4.95. The van der Waals surface area contributed by atoms with Crippen LogP contribution in [0.3, 0.4) is 0 Å². The lowest BCUT2D eigenvalue weighted by molar-refractivity contribution is 0.679. The minimum absolute atomic E-state index is 0.849. The van der Waals surface area contributed by atoms with Gasteiger partial charge in [0.2, 0.25) is 0 Å². The van der Waals surface area contributed by atoms with Gasteiger partial charge in [0, 0.05) is 18.3 Å². The lowest BCUT2D eigenvalue weighted by Crippen LogP contribution is -2.06. The number of rotatable bonds is 4. The van der Waals surface area contributed by atoms with Crippen molar-refractivity contribution < 1.29 is 0 Å². The fourth-order valence-corrected chi connectivity index (χ4v) is 2.41. The highest BCUT2D eigenvalue weighted by atomic mass is 15.3. The van der Waals surface area contributed by atoms with Crippen LogP contribution in [0.25, 0.3) is 0 Å². The Labute approximate surface area is 109 Å². The highest BCUT2D eigenvalue weighted by molar-refractivity contribution is 5.37. The van der Waals surface area contributed by atoms with Crippen LogP contribution in [-0.4, -0.2) is 16.8 Å². The summed E-state index contributed by atoms with van der Waals surface area (Å²) in [7, 11) is 1.95. The Hall–Kier alpha value is -1.61. The summed E-state index contributed by atoms with van der Waals surface area (Å²) in [6.07, 6.45) is 4.03. The first kappa shape index (κ1) is 12.8. The van der Waals surface area contributed by atoms with Gasteiger partial charge in [0.25, 0.3) is 0 Å². The summed E-state index contributed by atoms with van der Waals surface area (Å²) < 4.78 is 2.01.